The zero-order chi connectivity index (χ0) is 11.4. The molecule has 5 heteroatoms. The van der Waals surface area contributed by atoms with Crippen LogP contribution in [0.4, 0.5) is 10.1 Å². The molecule has 3 nitrogen and oxygen atoms in total. The lowest BCUT2D eigenvalue weighted by Gasteiger charge is -2.25. The molecule has 2 rings (SSSR count). The highest BCUT2D eigenvalue weighted by molar-refractivity contribution is 5.85. The molecule has 1 fully saturated rings. The molecule has 96 valence electrons. The van der Waals surface area contributed by atoms with E-state index in [1.54, 1.807) is 13.2 Å². The first-order valence-electron chi connectivity index (χ1n) is 5.60. The molecule has 0 saturated carbocycles. The highest BCUT2D eigenvalue weighted by atomic mass is 35.5. The number of methoxy groups -OCH3 is 1. The van der Waals surface area contributed by atoms with E-state index in [4.69, 9.17) is 4.74 Å². The van der Waals surface area contributed by atoms with Crippen molar-refractivity contribution in [3.63, 3.8) is 0 Å². The molecule has 0 unspecified atom stereocenters. The molecule has 1 aromatic rings. The first-order valence-corrected chi connectivity index (χ1v) is 5.60. The third-order valence-electron chi connectivity index (χ3n) is 2.86. The van der Waals surface area contributed by atoms with Gasteiger partial charge in [0.05, 0.1) is 12.8 Å². The van der Waals surface area contributed by atoms with Gasteiger partial charge in [0.15, 0.2) is 0 Å². The second-order valence-corrected chi connectivity index (χ2v) is 4.01. The lowest BCUT2D eigenvalue weighted by atomic mass is 10.1. The van der Waals surface area contributed by atoms with Gasteiger partial charge in [-0.3, -0.25) is 0 Å². The Morgan fingerprint density at radius 3 is 2.71 bits per heavy atom. The highest BCUT2D eigenvalue weighted by Crippen LogP contribution is 2.26. The lowest BCUT2D eigenvalue weighted by Crippen LogP contribution is -2.35. The third kappa shape index (κ3) is 3.75. The van der Waals surface area contributed by atoms with Crippen LogP contribution in [0.1, 0.15) is 12.8 Å². The first kappa shape index (κ1) is 14.1. The van der Waals surface area contributed by atoms with Gasteiger partial charge in [-0.05, 0) is 38.1 Å². The van der Waals surface area contributed by atoms with Gasteiger partial charge in [-0.15, -0.1) is 12.4 Å². The van der Waals surface area contributed by atoms with Crippen molar-refractivity contribution in [3.8, 4) is 5.75 Å². The molecule has 17 heavy (non-hydrogen) atoms. The summed E-state index contributed by atoms with van der Waals surface area (Å²) in [4.78, 5) is 0. The fraction of sp³-hybridized carbons (Fsp3) is 0.500. The molecule has 0 aromatic heterocycles. The second kappa shape index (κ2) is 6.67. The van der Waals surface area contributed by atoms with Crippen LogP contribution in [-0.4, -0.2) is 26.2 Å². The van der Waals surface area contributed by atoms with E-state index in [2.05, 4.69) is 10.6 Å². The third-order valence-corrected chi connectivity index (χ3v) is 2.86. The number of halogens is 2. The molecule has 0 atom stereocenters. The Labute approximate surface area is 107 Å². The quantitative estimate of drug-likeness (QED) is 0.876. The summed E-state index contributed by atoms with van der Waals surface area (Å²) in [7, 11) is 1.56. The van der Waals surface area contributed by atoms with E-state index in [-0.39, 0.29) is 18.2 Å². The van der Waals surface area contributed by atoms with Crippen LogP contribution in [0.15, 0.2) is 18.2 Å². The molecule has 1 aliphatic heterocycles. The van der Waals surface area contributed by atoms with Crippen LogP contribution in [0.3, 0.4) is 0 Å². The van der Waals surface area contributed by atoms with Gasteiger partial charge < -0.3 is 15.4 Å². The minimum Gasteiger partial charge on any atom is -0.494 e. The maximum absolute atomic E-state index is 13.0. The van der Waals surface area contributed by atoms with E-state index >= 15 is 0 Å². The summed E-state index contributed by atoms with van der Waals surface area (Å²) in [6.07, 6.45) is 2.17. The van der Waals surface area contributed by atoms with Crippen molar-refractivity contribution >= 4 is 18.1 Å². The molecule has 1 saturated heterocycles. The van der Waals surface area contributed by atoms with Gasteiger partial charge >= 0.3 is 0 Å². The van der Waals surface area contributed by atoms with Crippen molar-refractivity contribution in [3.05, 3.63) is 24.0 Å². The van der Waals surface area contributed by atoms with Crippen LogP contribution < -0.4 is 15.4 Å². The number of ether oxygens (including phenoxy) is 1. The molecule has 2 N–H and O–H groups in total. The fourth-order valence-corrected chi connectivity index (χ4v) is 1.97. The number of nitrogens with one attached hydrogen (secondary N) is 2. The Balaban J connectivity index is 0.00000144. The summed E-state index contributed by atoms with van der Waals surface area (Å²) in [6, 6.07) is 5.03. The molecule has 0 aliphatic carbocycles. The van der Waals surface area contributed by atoms with Gasteiger partial charge in [0.2, 0.25) is 0 Å². The van der Waals surface area contributed by atoms with Crippen LogP contribution in [0.25, 0.3) is 0 Å². The predicted octanol–water partition coefficient (Wildman–Crippen LogP) is 2.42. The molecule has 1 aromatic carbocycles. The molecular weight excluding hydrogens is 243 g/mol. The molecule has 0 bridgehead atoms. The van der Waals surface area contributed by atoms with E-state index in [1.165, 1.54) is 12.1 Å². The molecule has 0 spiro atoms. The second-order valence-electron chi connectivity index (χ2n) is 4.01. The number of rotatable bonds is 3. The summed E-state index contributed by atoms with van der Waals surface area (Å²) in [6.45, 7) is 2.06. The van der Waals surface area contributed by atoms with Gasteiger partial charge in [-0.1, -0.05) is 0 Å². The SMILES string of the molecule is COc1cc(F)ccc1NC1CCNCC1.Cl. The summed E-state index contributed by atoms with van der Waals surface area (Å²) >= 11 is 0. The summed E-state index contributed by atoms with van der Waals surface area (Å²) in [5, 5.41) is 6.70. The minimum absolute atomic E-state index is 0. The fourth-order valence-electron chi connectivity index (χ4n) is 1.97. The van der Waals surface area contributed by atoms with Gasteiger partial charge in [0, 0.05) is 12.1 Å². The number of hydrogen-bond donors (Lipinski definition) is 2. The summed E-state index contributed by atoms with van der Waals surface area (Å²) in [5.74, 6) is 0.297. The van der Waals surface area contributed by atoms with Crippen LogP contribution in [-0.2, 0) is 0 Å². The monoisotopic (exact) mass is 260 g/mol. The van der Waals surface area contributed by atoms with Gasteiger partial charge in [0.1, 0.15) is 11.6 Å². The molecule has 0 amide bonds. The Morgan fingerprint density at radius 2 is 2.06 bits per heavy atom. The number of hydrogen-bond acceptors (Lipinski definition) is 3. The average Bonchev–Trinajstić information content (AvgIpc) is 2.33. The largest absolute Gasteiger partial charge is 0.494 e. The zero-order valence-corrected chi connectivity index (χ0v) is 10.6. The minimum atomic E-state index is -0.271. The van der Waals surface area contributed by atoms with Crippen molar-refractivity contribution < 1.29 is 9.13 Å². The maximum Gasteiger partial charge on any atom is 0.144 e. The summed E-state index contributed by atoms with van der Waals surface area (Å²) in [5.41, 5.74) is 0.871. The number of anilines is 1. The smallest absolute Gasteiger partial charge is 0.144 e. The van der Waals surface area contributed by atoms with Crippen molar-refractivity contribution in [2.24, 2.45) is 0 Å². The topological polar surface area (TPSA) is 33.3 Å². The predicted molar refractivity (Wildman–Crippen MR) is 69.7 cm³/mol. The van der Waals surface area contributed by atoms with Crippen molar-refractivity contribution in [2.45, 2.75) is 18.9 Å². The van der Waals surface area contributed by atoms with E-state index in [9.17, 15) is 4.39 Å². The van der Waals surface area contributed by atoms with Crippen molar-refractivity contribution in [1.82, 2.24) is 5.32 Å². The Kier molecular flexibility index (Phi) is 5.51. The van der Waals surface area contributed by atoms with Crippen molar-refractivity contribution in [2.75, 3.05) is 25.5 Å². The lowest BCUT2D eigenvalue weighted by molar-refractivity contribution is 0.410. The van der Waals surface area contributed by atoms with Crippen LogP contribution in [0.5, 0.6) is 5.75 Å². The number of piperidine rings is 1. The van der Waals surface area contributed by atoms with Crippen molar-refractivity contribution in [1.29, 1.82) is 0 Å². The van der Waals surface area contributed by atoms with E-state index in [1.807, 2.05) is 0 Å². The van der Waals surface area contributed by atoms with Gasteiger partial charge in [0.25, 0.3) is 0 Å². The van der Waals surface area contributed by atoms with Gasteiger partial charge in [-0.25, -0.2) is 4.39 Å². The number of benzene rings is 1. The standard InChI is InChI=1S/C12H17FN2O.ClH/c1-16-12-8-9(13)2-3-11(12)15-10-4-6-14-7-5-10;/h2-3,8,10,14-15H,4-7H2,1H3;1H. The molecule has 1 heterocycles. The van der Waals surface area contributed by atoms with E-state index in [0.29, 0.717) is 11.8 Å². The Bertz CT molecular complexity index is 356. The first-order chi connectivity index (χ1) is 7.79. The zero-order valence-electron chi connectivity index (χ0n) is 9.83. The van der Waals surface area contributed by atoms with Crippen LogP contribution >= 0.6 is 12.4 Å². The summed E-state index contributed by atoms with van der Waals surface area (Å²) < 4.78 is 18.1. The van der Waals surface area contributed by atoms with E-state index in [0.717, 1.165) is 31.6 Å². The van der Waals surface area contributed by atoms with Gasteiger partial charge in [-0.2, -0.15) is 0 Å². The Hall–Kier alpha value is -1.00. The normalized spacial score (nSPS) is 16.1. The molecule has 0 radical (unpaired) electrons. The van der Waals surface area contributed by atoms with Crippen LogP contribution in [0.2, 0.25) is 0 Å². The van der Waals surface area contributed by atoms with Crippen LogP contribution in [0, 0.1) is 5.82 Å². The molecular formula is C12H18ClFN2O. The molecule has 1 aliphatic rings. The average molecular weight is 261 g/mol. The maximum atomic E-state index is 13.0. The Morgan fingerprint density at radius 1 is 1.35 bits per heavy atom. The highest BCUT2D eigenvalue weighted by Gasteiger charge is 2.14. The van der Waals surface area contributed by atoms with E-state index < -0.39 is 0 Å².